The number of hydrogen-bond donors (Lipinski definition) is 0. The standard InChI is InChI=1S/C34H45F3N2O.C6H6O2/c1-7-10-11-32(38-22-20-26(6)27-16-18-30(19-17-27)34(35,36)37)31(9-3)28-12-14-29(15-13-28)33(40)39(23-8-2)24-21-25(4)5;1-5(7)6-3-2-4-8-6/h11-20,22,25,31H,7-10,21,23-24H2,1-6H3;2-4H,1H3/b26-20+,32-11-,38-22-;. The summed E-state index contributed by atoms with van der Waals surface area (Å²) in [5.41, 5.74) is 3.65. The number of carbonyl (C=O) groups is 2. The van der Waals surface area contributed by atoms with E-state index in [-0.39, 0.29) is 17.6 Å². The smallest absolute Gasteiger partial charge is 0.416 e. The van der Waals surface area contributed by atoms with Crippen LogP contribution < -0.4 is 0 Å². The molecule has 1 aromatic heterocycles. The average Bonchev–Trinajstić information content (AvgIpc) is 3.61. The van der Waals surface area contributed by atoms with Crippen LogP contribution in [0.3, 0.4) is 0 Å². The highest BCUT2D eigenvalue weighted by molar-refractivity contribution is 5.94. The summed E-state index contributed by atoms with van der Waals surface area (Å²) < 4.78 is 43.4. The summed E-state index contributed by atoms with van der Waals surface area (Å²) in [6.45, 7) is 15.5. The van der Waals surface area contributed by atoms with Gasteiger partial charge in [0.15, 0.2) is 11.5 Å². The highest BCUT2D eigenvalue weighted by Gasteiger charge is 2.30. The molecule has 0 radical (unpaired) electrons. The Kier molecular flexibility index (Phi) is 16.8. The molecule has 0 aliphatic carbocycles. The number of Topliss-reactive ketones (excluding diaryl/α,β-unsaturated/α-hetero) is 1. The first-order chi connectivity index (χ1) is 22.8. The minimum atomic E-state index is -4.35. The van der Waals surface area contributed by atoms with Gasteiger partial charge in [-0.05, 0) is 97.7 Å². The summed E-state index contributed by atoms with van der Waals surface area (Å²) in [7, 11) is 0. The van der Waals surface area contributed by atoms with Gasteiger partial charge >= 0.3 is 6.18 Å². The van der Waals surface area contributed by atoms with Crippen LogP contribution in [0.15, 0.2) is 94.2 Å². The molecule has 2 aromatic carbocycles. The number of nitrogens with zero attached hydrogens (tertiary/aromatic N) is 2. The van der Waals surface area contributed by atoms with E-state index in [1.807, 2.05) is 42.2 Å². The zero-order chi connectivity index (χ0) is 35.7. The molecule has 1 heterocycles. The Hall–Kier alpha value is -4.20. The lowest BCUT2D eigenvalue weighted by Gasteiger charge is -2.23. The summed E-state index contributed by atoms with van der Waals surface area (Å²) in [6.07, 6.45) is 7.49. The SMILES string of the molecule is CC(=O)c1ccco1.CCC\C=C(/N=C\C=C(/C)c1ccc(C(F)(F)F)cc1)C(CC)c1ccc(C(=O)N(CCC)CCC(C)C)cc1. The Balaban J connectivity index is 0.000000870. The fraction of sp³-hybridized carbons (Fsp3) is 0.425. The van der Waals surface area contributed by atoms with E-state index in [1.165, 1.54) is 25.3 Å². The van der Waals surface area contributed by atoms with Crippen LogP contribution in [-0.4, -0.2) is 35.9 Å². The van der Waals surface area contributed by atoms with E-state index in [1.54, 1.807) is 18.3 Å². The Morgan fingerprint density at radius 3 is 2.02 bits per heavy atom. The van der Waals surface area contributed by atoms with E-state index in [0.29, 0.717) is 17.2 Å². The van der Waals surface area contributed by atoms with Crippen LogP contribution in [0.1, 0.15) is 124 Å². The lowest BCUT2D eigenvalue weighted by atomic mass is 9.91. The molecular weight excluding hydrogens is 613 g/mol. The van der Waals surface area contributed by atoms with Crippen LogP contribution in [-0.2, 0) is 6.18 Å². The Labute approximate surface area is 284 Å². The van der Waals surface area contributed by atoms with Crippen LogP contribution in [0.2, 0.25) is 0 Å². The summed E-state index contributed by atoms with van der Waals surface area (Å²) in [4.78, 5) is 30.3. The van der Waals surface area contributed by atoms with Crippen molar-refractivity contribution >= 4 is 23.5 Å². The molecule has 0 aliphatic rings. The molecule has 48 heavy (non-hydrogen) atoms. The molecule has 0 saturated carbocycles. The predicted molar refractivity (Wildman–Crippen MR) is 190 cm³/mol. The van der Waals surface area contributed by atoms with Gasteiger partial charge in [-0.25, -0.2) is 0 Å². The van der Waals surface area contributed by atoms with Gasteiger partial charge in [-0.1, -0.05) is 71.4 Å². The van der Waals surface area contributed by atoms with Crippen LogP contribution in [0.4, 0.5) is 13.2 Å². The van der Waals surface area contributed by atoms with Gasteiger partial charge in [-0.15, -0.1) is 0 Å². The van der Waals surface area contributed by atoms with Crippen LogP contribution in [0.25, 0.3) is 5.57 Å². The Morgan fingerprint density at radius 1 is 0.896 bits per heavy atom. The van der Waals surface area contributed by atoms with Gasteiger partial charge in [0.2, 0.25) is 0 Å². The zero-order valence-corrected chi connectivity index (χ0v) is 29.4. The first-order valence-electron chi connectivity index (χ1n) is 16.8. The Morgan fingerprint density at radius 2 is 1.54 bits per heavy atom. The maximum absolute atomic E-state index is 13.2. The van der Waals surface area contributed by atoms with Gasteiger partial charge in [0.05, 0.1) is 11.8 Å². The van der Waals surface area contributed by atoms with Gasteiger partial charge in [-0.3, -0.25) is 14.6 Å². The van der Waals surface area contributed by atoms with Crippen LogP contribution >= 0.6 is 0 Å². The average molecular weight is 665 g/mol. The van der Waals surface area contributed by atoms with Crippen molar-refractivity contribution in [2.24, 2.45) is 10.9 Å². The van der Waals surface area contributed by atoms with Crippen LogP contribution in [0.5, 0.6) is 0 Å². The fourth-order valence-electron chi connectivity index (χ4n) is 4.96. The third kappa shape index (κ3) is 13.1. The molecule has 8 heteroatoms. The number of furan rings is 1. The summed E-state index contributed by atoms with van der Waals surface area (Å²) in [6, 6.07) is 16.4. The normalized spacial score (nSPS) is 13.0. The van der Waals surface area contributed by atoms with Crippen molar-refractivity contribution in [2.75, 3.05) is 13.1 Å². The third-order valence-corrected chi connectivity index (χ3v) is 7.81. The third-order valence-electron chi connectivity index (χ3n) is 7.81. The summed E-state index contributed by atoms with van der Waals surface area (Å²) in [5.74, 6) is 1.08. The molecule has 0 fully saturated rings. The minimum Gasteiger partial charge on any atom is -0.461 e. The van der Waals surface area contributed by atoms with E-state index >= 15 is 0 Å². The second kappa shape index (κ2) is 20.2. The van der Waals surface area contributed by atoms with Gasteiger partial charge in [0, 0.05) is 43.4 Å². The molecule has 0 saturated heterocycles. The highest BCUT2D eigenvalue weighted by Crippen LogP contribution is 2.31. The molecule has 0 spiro atoms. The lowest BCUT2D eigenvalue weighted by molar-refractivity contribution is -0.137. The van der Waals surface area contributed by atoms with Gasteiger partial charge in [0.1, 0.15) is 0 Å². The molecule has 1 unspecified atom stereocenters. The number of amides is 1. The van der Waals surface area contributed by atoms with E-state index < -0.39 is 11.7 Å². The number of aliphatic imine (C=N–C) groups is 1. The molecule has 5 nitrogen and oxygen atoms in total. The van der Waals surface area contributed by atoms with Crippen molar-refractivity contribution in [3.63, 3.8) is 0 Å². The summed E-state index contributed by atoms with van der Waals surface area (Å²) >= 11 is 0. The first kappa shape index (κ1) is 40.0. The predicted octanol–water partition coefficient (Wildman–Crippen LogP) is 11.4. The number of unbranched alkanes of at least 4 members (excludes halogenated alkanes) is 1. The topological polar surface area (TPSA) is 62.9 Å². The molecule has 260 valence electrons. The van der Waals surface area contributed by atoms with Gasteiger partial charge in [-0.2, -0.15) is 13.2 Å². The molecule has 0 bridgehead atoms. The number of allylic oxidation sites excluding steroid dienone is 4. The minimum absolute atomic E-state index is 0.0324. The number of carbonyl (C=O) groups excluding carboxylic acids is 2. The van der Waals surface area contributed by atoms with E-state index in [9.17, 15) is 22.8 Å². The van der Waals surface area contributed by atoms with Crippen molar-refractivity contribution in [1.82, 2.24) is 4.90 Å². The van der Waals surface area contributed by atoms with Crippen LogP contribution in [0, 0.1) is 5.92 Å². The molecule has 3 rings (SSSR count). The molecular formula is C40H51F3N2O3. The second-order valence-corrected chi connectivity index (χ2v) is 12.2. The number of halogens is 3. The summed E-state index contributed by atoms with van der Waals surface area (Å²) in [5, 5.41) is 0. The maximum atomic E-state index is 13.2. The van der Waals surface area contributed by atoms with Gasteiger partial charge in [0.25, 0.3) is 5.91 Å². The quantitative estimate of drug-likeness (QED) is 0.120. The fourth-order valence-corrected chi connectivity index (χ4v) is 4.96. The zero-order valence-electron chi connectivity index (χ0n) is 29.4. The monoisotopic (exact) mass is 664 g/mol. The van der Waals surface area contributed by atoms with Crippen molar-refractivity contribution in [3.8, 4) is 0 Å². The highest BCUT2D eigenvalue weighted by atomic mass is 19.4. The largest absolute Gasteiger partial charge is 0.461 e. The van der Waals surface area contributed by atoms with E-state index in [2.05, 4.69) is 40.7 Å². The molecule has 0 N–H and O–H groups in total. The molecule has 1 amide bonds. The van der Waals surface area contributed by atoms with Crippen molar-refractivity contribution in [3.05, 3.63) is 113 Å². The second-order valence-electron chi connectivity index (χ2n) is 12.2. The number of hydrogen-bond acceptors (Lipinski definition) is 4. The Bertz CT molecular complexity index is 1480. The molecule has 3 aromatic rings. The number of ketones is 1. The lowest BCUT2D eigenvalue weighted by Crippen LogP contribution is -2.33. The van der Waals surface area contributed by atoms with E-state index in [4.69, 9.17) is 9.41 Å². The van der Waals surface area contributed by atoms with Crippen molar-refractivity contribution in [2.45, 2.75) is 92.7 Å². The number of rotatable bonds is 15. The number of alkyl halides is 3. The first-order valence-corrected chi connectivity index (χ1v) is 16.8. The number of benzene rings is 2. The molecule has 0 aliphatic heterocycles. The van der Waals surface area contributed by atoms with Crippen molar-refractivity contribution in [1.29, 1.82) is 0 Å². The van der Waals surface area contributed by atoms with E-state index in [0.717, 1.165) is 79.7 Å². The molecule has 1 atom stereocenters. The van der Waals surface area contributed by atoms with Gasteiger partial charge < -0.3 is 9.32 Å². The maximum Gasteiger partial charge on any atom is 0.416 e. The van der Waals surface area contributed by atoms with Crippen molar-refractivity contribution < 1.29 is 27.2 Å².